The molecule has 0 N–H and O–H groups in total. The molecule has 118 valence electrons. The Morgan fingerprint density at radius 1 is 0.826 bits per heavy atom. The van der Waals surface area contributed by atoms with Crippen LogP contribution in [0.4, 0.5) is 4.39 Å². The molecule has 3 aromatic rings. The third-order valence-corrected chi connectivity index (χ3v) is 3.68. The summed E-state index contributed by atoms with van der Waals surface area (Å²) < 4.78 is 29.5. The highest BCUT2D eigenvalue weighted by molar-refractivity contribution is 5.90. The molecule has 0 bridgehead atoms. The van der Waals surface area contributed by atoms with E-state index in [-0.39, 0.29) is 5.75 Å². The predicted octanol–water partition coefficient (Wildman–Crippen LogP) is 4.07. The fourth-order valence-electron chi connectivity index (χ4n) is 2.52. The van der Waals surface area contributed by atoms with Crippen LogP contribution in [0.3, 0.4) is 0 Å². The van der Waals surface area contributed by atoms with Crippen molar-refractivity contribution in [2.24, 2.45) is 0 Å². The summed E-state index contributed by atoms with van der Waals surface area (Å²) in [5.41, 5.74) is 2.24. The fourth-order valence-corrected chi connectivity index (χ4v) is 2.52. The normalized spacial score (nSPS) is 10.6. The van der Waals surface area contributed by atoms with Crippen molar-refractivity contribution in [3.8, 4) is 28.4 Å². The van der Waals surface area contributed by atoms with E-state index < -0.39 is 5.82 Å². The van der Waals surface area contributed by atoms with E-state index in [1.165, 1.54) is 13.2 Å². The fraction of sp³-hybridized carbons (Fsp3) is 0.167. The van der Waals surface area contributed by atoms with Crippen molar-refractivity contribution < 1.29 is 18.6 Å². The lowest BCUT2D eigenvalue weighted by Gasteiger charge is -2.11. The molecule has 4 nitrogen and oxygen atoms in total. The number of benzene rings is 2. The average Bonchev–Trinajstić information content (AvgIpc) is 2.60. The maximum absolute atomic E-state index is 13.9. The van der Waals surface area contributed by atoms with E-state index in [0.29, 0.717) is 17.0 Å². The smallest absolute Gasteiger partial charge is 0.187 e. The Morgan fingerprint density at radius 2 is 1.57 bits per heavy atom. The maximum atomic E-state index is 13.9. The molecule has 0 spiro atoms. The number of fused-ring (bicyclic) bond motifs is 1. The van der Waals surface area contributed by atoms with Crippen molar-refractivity contribution in [3.05, 3.63) is 48.4 Å². The molecule has 23 heavy (non-hydrogen) atoms. The van der Waals surface area contributed by atoms with Crippen LogP contribution in [0.5, 0.6) is 17.2 Å². The van der Waals surface area contributed by atoms with Gasteiger partial charge in [0.15, 0.2) is 23.1 Å². The zero-order chi connectivity index (χ0) is 16.4. The zero-order valence-electron chi connectivity index (χ0n) is 13.1. The first-order chi connectivity index (χ1) is 11.2. The highest BCUT2D eigenvalue weighted by atomic mass is 19.1. The lowest BCUT2D eigenvalue weighted by Crippen LogP contribution is -1.94. The largest absolute Gasteiger partial charge is 0.494 e. The van der Waals surface area contributed by atoms with E-state index in [1.54, 1.807) is 32.5 Å². The summed E-state index contributed by atoms with van der Waals surface area (Å²) in [5, 5.41) is 0.886. The van der Waals surface area contributed by atoms with E-state index in [2.05, 4.69) is 4.98 Å². The minimum absolute atomic E-state index is 0.217. The van der Waals surface area contributed by atoms with E-state index in [1.807, 2.05) is 18.2 Å². The van der Waals surface area contributed by atoms with Gasteiger partial charge in [0.1, 0.15) is 5.52 Å². The average molecular weight is 313 g/mol. The van der Waals surface area contributed by atoms with E-state index >= 15 is 0 Å². The summed E-state index contributed by atoms with van der Waals surface area (Å²) in [4.78, 5) is 4.45. The van der Waals surface area contributed by atoms with Crippen molar-refractivity contribution in [2.45, 2.75) is 0 Å². The van der Waals surface area contributed by atoms with Gasteiger partial charge in [-0.15, -0.1) is 0 Å². The molecule has 5 heteroatoms. The first kappa shape index (κ1) is 15.1. The first-order valence-electron chi connectivity index (χ1n) is 7.02. The van der Waals surface area contributed by atoms with Crippen molar-refractivity contribution in [1.82, 2.24) is 4.98 Å². The van der Waals surface area contributed by atoms with Gasteiger partial charge in [0.2, 0.25) is 0 Å². The molecule has 0 unspecified atom stereocenters. The summed E-state index contributed by atoms with van der Waals surface area (Å²) >= 11 is 0. The SMILES string of the molecule is COc1ccc(-c2cnc3c(OC)c(OC)ccc3c2)cc1F. The van der Waals surface area contributed by atoms with Crippen molar-refractivity contribution in [3.63, 3.8) is 0 Å². The summed E-state index contributed by atoms with van der Waals surface area (Å²) in [6, 6.07) is 10.5. The Bertz CT molecular complexity index is 864. The molecule has 0 fully saturated rings. The molecule has 1 heterocycles. The third-order valence-electron chi connectivity index (χ3n) is 3.68. The van der Waals surface area contributed by atoms with Crippen molar-refractivity contribution >= 4 is 10.9 Å². The standard InChI is InChI=1S/C18H16FNO3/c1-21-15-6-4-11(9-14(15)19)13-8-12-5-7-16(22-2)18(23-3)17(12)20-10-13/h4-10H,1-3H3. The number of hydrogen-bond donors (Lipinski definition) is 0. The van der Waals surface area contributed by atoms with Crippen LogP contribution in [0.1, 0.15) is 0 Å². The van der Waals surface area contributed by atoms with Crippen molar-refractivity contribution in [2.75, 3.05) is 21.3 Å². The molecule has 0 aliphatic carbocycles. The van der Waals surface area contributed by atoms with Gasteiger partial charge in [0, 0.05) is 17.1 Å². The molecule has 1 aromatic heterocycles. The molecule has 0 amide bonds. The third kappa shape index (κ3) is 2.65. The van der Waals surface area contributed by atoms with Crippen LogP contribution in [-0.4, -0.2) is 26.3 Å². The first-order valence-corrected chi connectivity index (χ1v) is 7.02. The monoisotopic (exact) mass is 313 g/mol. The topological polar surface area (TPSA) is 40.6 Å². The maximum Gasteiger partial charge on any atom is 0.187 e. The van der Waals surface area contributed by atoms with Gasteiger partial charge in [-0.3, -0.25) is 4.98 Å². The van der Waals surface area contributed by atoms with Gasteiger partial charge in [-0.1, -0.05) is 6.07 Å². The van der Waals surface area contributed by atoms with Gasteiger partial charge in [0.05, 0.1) is 21.3 Å². The number of halogens is 1. The molecule has 0 aliphatic heterocycles. The Kier molecular flexibility index (Phi) is 4.02. The van der Waals surface area contributed by atoms with Crippen LogP contribution in [0.15, 0.2) is 42.6 Å². The minimum atomic E-state index is -0.405. The second-order valence-electron chi connectivity index (χ2n) is 4.95. The van der Waals surface area contributed by atoms with E-state index in [4.69, 9.17) is 14.2 Å². The lowest BCUT2D eigenvalue weighted by atomic mass is 10.0. The second kappa shape index (κ2) is 6.12. The Labute approximate surface area is 133 Å². The number of hydrogen-bond acceptors (Lipinski definition) is 4. The van der Waals surface area contributed by atoms with Gasteiger partial charge in [-0.2, -0.15) is 0 Å². The summed E-state index contributed by atoms with van der Waals surface area (Å²) in [5.74, 6) is 1.01. The highest BCUT2D eigenvalue weighted by Gasteiger charge is 2.12. The summed E-state index contributed by atoms with van der Waals surface area (Å²) in [6.07, 6.45) is 1.69. The van der Waals surface area contributed by atoms with Crippen LogP contribution in [-0.2, 0) is 0 Å². The summed E-state index contributed by atoms with van der Waals surface area (Å²) in [6.45, 7) is 0. The number of methoxy groups -OCH3 is 3. The molecule has 0 saturated carbocycles. The van der Waals surface area contributed by atoms with E-state index in [0.717, 1.165) is 16.5 Å². The Hall–Kier alpha value is -2.82. The van der Waals surface area contributed by atoms with Gasteiger partial charge in [-0.05, 0) is 35.9 Å². The number of nitrogens with zero attached hydrogens (tertiary/aromatic N) is 1. The molecule has 3 rings (SSSR count). The van der Waals surface area contributed by atoms with Crippen LogP contribution >= 0.6 is 0 Å². The van der Waals surface area contributed by atoms with E-state index in [9.17, 15) is 4.39 Å². The molecule has 2 aromatic carbocycles. The van der Waals surface area contributed by atoms with Crippen LogP contribution in [0.2, 0.25) is 0 Å². The van der Waals surface area contributed by atoms with Crippen LogP contribution in [0, 0.1) is 5.82 Å². The molecule has 0 aliphatic rings. The number of aromatic nitrogens is 1. The Morgan fingerprint density at radius 3 is 2.22 bits per heavy atom. The lowest BCUT2D eigenvalue weighted by molar-refractivity contribution is 0.358. The molecule has 0 atom stereocenters. The van der Waals surface area contributed by atoms with Crippen molar-refractivity contribution in [1.29, 1.82) is 0 Å². The number of pyridine rings is 1. The molecule has 0 radical (unpaired) electrons. The highest BCUT2D eigenvalue weighted by Crippen LogP contribution is 2.35. The molecular weight excluding hydrogens is 297 g/mol. The molecular formula is C18H16FNO3. The summed E-state index contributed by atoms with van der Waals surface area (Å²) in [7, 11) is 4.60. The van der Waals surface area contributed by atoms with Crippen LogP contribution in [0.25, 0.3) is 22.0 Å². The Balaban J connectivity index is 2.12. The molecule has 0 saturated heterocycles. The van der Waals surface area contributed by atoms with Gasteiger partial charge >= 0.3 is 0 Å². The predicted molar refractivity (Wildman–Crippen MR) is 86.8 cm³/mol. The quantitative estimate of drug-likeness (QED) is 0.728. The van der Waals surface area contributed by atoms with Gasteiger partial charge in [-0.25, -0.2) is 4.39 Å². The zero-order valence-corrected chi connectivity index (χ0v) is 13.1. The number of rotatable bonds is 4. The van der Waals surface area contributed by atoms with Crippen LogP contribution < -0.4 is 14.2 Å². The van der Waals surface area contributed by atoms with Gasteiger partial charge in [0.25, 0.3) is 0 Å². The minimum Gasteiger partial charge on any atom is -0.494 e. The van der Waals surface area contributed by atoms with Gasteiger partial charge < -0.3 is 14.2 Å². The second-order valence-corrected chi connectivity index (χ2v) is 4.95. The number of ether oxygens (including phenoxy) is 3.